The highest BCUT2D eigenvalue weighted by molar-refractivity contribution is 5.76. The number of amides is 3. The summed E-state index contributed by atoms with van der Waals surface area (Å²) in [4.78, 5) is 28.5. The van der Waals surface area contributed by atoms with Gasteiger partial charge in [0.05, 0.1) is 6.04 Å². The van der Waals surface area contributed by atoms with Crippen molar-refractivity contribution in [2.75, 3.05) is 26.2 Å². The summed E-state index contributed by atoms with van der Waals surface area (Å²) in [7, 11) is 0. The second-order valence-corrected chi connectivity index (χ2v) is 7.97. The number of carbonyl (C=O) groups is 2. The molecule has 4 rings (SSSR count). The number of halogens is 1. The van der Waals surface area contributed by atoms with E-state index < -0.39 is 0 Å². The summed E-state index contributed by atoms with van der Waals surface area (Å²) in [5.74, 6) is 0.0306. The lowest BCUT2D eigenvalue weighted by Gasteiger charge is -2.29. The second kappa shape index (κ2) is 8.23. The number of hydrogen-bond donors (Lipinski definition) is 1. The quantitative estimate of drug-likeness (QED) is 0.864. The van der Waals surface area contributed by atoms with Crippen molar-refractivity contribution in [3.8, 4) is 0 Å². The first-order valence-electron chi connectivity index (χ1n) is 10.1. The van der Waals surface area contributed by atoms with Gasteiger partial charge in [0.15, 0.2) is 0 Å². The molecule has 2 aliphatic rings. The van der Waals surface area contributed by atoms with Crippen LogP contribution in [-0.2, 0) is 11.2 Å². The Labute approximate surface area is 170 Å². The number of urea groups is 1. The number of likely N-dealkylation sites (tertiary alicyclic amines) is 2. The lowest BCUT2D eigenvalue weighted by molar-refractivity contribution is -0.130. The molecule has 29 heavy (non-hydrogen) atoms. The van der Waals surface area contributed by atoms with Gasteiger partial charge in [-0.1, -0.05) is 42.5 Å². The Morgan fingerprint density at radius 3 is 2.59 bits per heavy atom. The Balaban J connectivity index is 1.41. The summed E-state index contributed by atoms with van der Waals surface area (Å²) in [6.45, 7) is 3.95. The van der Waals surface area contributed by atoms with Crippen LogP contribution in [0.15, 0.2) is 54.6 Å². The van der Waals surface area contributed by atoms with Crippen molar-refractivity contribution >= 4 is 11.9 Å². The molecular weight excluding hydrogens is 369 g/mol. The van der Waals surface area contributed by atoms with Gasteiger partial charge in [0.25, 0.3) is 0 Å². The SMILES string of the molecule is CC(=O)N1C[C@H]2CN(C(=O)NCCc3ccccc3)C[C@H]2[C@@H]1c1cccc(F)c1. The number of nitrogens with zero attached hydrogens (tertiary/aromatic N) is 2. The summed E-state index contributed by atoms with van der Waals surface area (Å²) < 4.78 is 13.8. The minimum Gasteiger partial charge on any atom is -0.338 e. The zero-order chi connectivity index (χ0) is 20.4. The molecule has 152 valence electrons. The second-order valence-electron chi connectivity index (χ2n) is 7.97. The zero-order valence-corrected chi connectivity index (χ0v) is 16.6. The molecule has 3 atom stereocenters. The van der Waals surface area contributed by atoms with E-state index >= 15 is 0 Å². The van der Waals surface area contributed by atoms with E-state index in [0.717, 1.165) is 12.0 Å². The summed E-state index contributed by atoms with van der Waals surface area (Å²) in [5, 5.41) is 3.01. The van der Waals surface area contributed by atoms with Crippen LogP contribution < -0.4 is 5.32 Å². The fourth-order valence-electron chi connectivity index (χ4n) is 4.72. The third-order valence-electron chi connectivity index (χ3n) is 6.08. The molecule has 2 aromatic carbocycles. The van der Waals surface area contributed by atoms with E-state index in [0.29, 0.717) is 26.2 Å². The molecule has 0 aliphatic carbocycles. The van der Waals surface area contributed by atoms with Crippen molar-refractivity contribution in [3.05, 3.63) is 71.5 Å². The van der Waals surface area contributed by atoms with Crippen LogP contribution in [0.2, 0.25) is 0 Å². The van der Waals surface area contributed by atoms with Crippen molar-refractivity contribution in [1.82, 2.24) is 15.1 Å². The van der Waals surface area contributed by atoms with Crippen LogP contribution >= 0.6 is 0 Å². The van der Waals surface area contributed by atoms with E-state index in [4.69, 9.17) is 0 Å². The molecule has 2 aliphatic heterocycles. The lowest BCUT2D eigenvalue weighted by atomic mass is 9.89. The van der Waals surface area contributed by atoms with Gasteiger partial charge >= 0.3 is 6.03 Å². The summed E-state index contributed by atoms with van der Waals surface area (Å²) >= 11 is 0. The Kier molecular flexibility index (Phi) is 5.51. The molecule has 3 amide bonds. The van der Waals surface area contributed by atoms with Crippen LogP contribution in [0.5, 0.6) is 0 Å². The number of hydrogen-bond acceptors (Lipinski definition) is 2. The number of benzene rings is 2. The fourth-order valence-corrected chi connectivity index (χ4v) is 4.72. The van der Waals surface area contributed by atoms with Gasteiger partial charge in [-0.2, -0.15) is 0 Å². The minimum absolute atomic E-state index is 0.00692. The summed E-state index contributed by atoms with van der Waals surface area (Å²) in [6.07, 6.45) is 0.789. The van der Waals surface area contributed by atoms with E-state index in [2.05, 4.69) is 5.32 Å². The van der Waals surface area contributed by atoms with E-state index in [1.807, 2.05) is 46.2 Å². The third kappa shape index (κ3) is 4.11. The normalized spacial score (nSPS) is 23.2. The van der Waals surface area contributed by atoms with Crippen molar-refractivity contribution in [2.45, 2.75) is 19.4 Å². The molecule has 0 spiro atoms. The maximum absolute atomic E-state index is 13.8. The molecule has 2 fully saturated rings. The highest BCUT2D eigenvalue weighted by atomic mass is 19.1. The molecular formula is C23H26FN3O2. The van der Waals surface area contributed by atoms with Gasteiger partial charge in [0, 0.05) is 44.9 Å². The molecule has 2 aromatic rings. The largest absolute Gasteiger partial charge is 0.338 e. The standard InChI is InChI=1S/C23H26FN3O2/c1-16(28)27-14-19-13-26(23(29)25-11-10-17-6-3-2-4-7-17)15-21(19)22(27)18-8-5-9-20(24)12-18/h2-9,12,19,21-22H,10-11,13-15H2,1H3,(H,25,29)/t19-,21-,22+/m1/s1. The first-order chi connectivity index (χ1) is 14.0. The van der Waals surface area contributed by atoms with Crippen molar-refractivity contribution < 1.29 is 14.0 Å². The van der Waals surface area contributed by atoms with E-state index in [1.54, 1.807) is 13.0 Å². The number of nitrogens with one attached hydrogen (secondary N) is 1. The van der Waals surface area contributed by atoms with Crippen molar-refractivity contribution in [3.63, 3.8) is 0 Å². The Morgan fingerprint density at radius 2 is 1.86 bits per heavy atom. The fraction of sp³-hybridized carbons (Fsp3) is 0.391. The zero-order valence-electron chi connectivity index (χ0n) is 16.6. The maximum atomic E-state index is 13.8. The lowest BCUT2D eigenvalue weighted by Crippen LogP contribution is -2.42. The molecule has 1 N–H and O–H groups in total. The molecule has 5 nitrogen and oxygen atoms in total. The summed E-state index contributed by atoms with van der Waals surface area (Å²) in [5.41, 5.74) is 1.99. The third-order valence-corrected chi connectivity index (χ3v) is 6.08. The van der Waals surface area contributed by atoms with Crippen molar-refractivity contribution in [1.29, 1.82) is 0 Å². The molecule has 0 aromatic heterocycles. The topological polar surface area (TPSA) is 52.7 Å². The van der Waals surface area contributed by atoms with Crippen LogP contribution in [0.4, 0.5) is 9.18 Å². The van der Waals surface area contributed by atoms with E-state index in [-0.39, 0.29) is 35.6 Å². The van der Waals surface area contributed by atoms with Gasteiger partial charge in [0.2, 0.25) is 5.91 Å². The van der Waals surface area contributed by atoms with Gasteiger partial charge in [-0.15, -0.1) is 0 Å². The van der Waals surface area contributed by atoms with Gasteiger partial charge in [0.1, 0.15) is 5.82 Å². The number of carbonyl (C=O) groups excluding carboxylic acids is 2. The smallest absolute Gasteiger partial charge is 0.317 e. The van der Waals surface area contributed by atoms with Crippen LogP contribution in [0.1, 0.15) is 24.1 Å². The molecule has 0 saturated carbocycles. The Hall–Kier alpha value is -2.89. The van der Waals surface area contributed by atoms with Gasteiger partial charge in [-0.25, -0.2) is 9.18 Å². The Morgan fingerprint density at radius 1 is 1.07 bits per heavy atom. The predicted molar refractivity (Wildman–Crippen MR) is 109 cm³/mol. The molecule has 0 unspecified atom stereocenters. The van der Waals surface area contributed by atoms with E-state index in [9.17, 15) is 14.0 Å². The monoisotopic (exact) mass is 395 g/mol. The molecule has 0 radical (unpaired) electrons. The average molecular weight is 395 g/mol. The van der Waals surface area contributed by atoms with Gasteiger partial charge < -0.3 is 15.1 Å². The van der Waals surface area contributed by atoms with Gasteiger partial charge in [-0.3, -0.25) is 4.79 Å². The van der Waals surface area contributed by atoms with Crippen LogP contribution in [-0.4, -0.2) is 47.9 Å². The van der Waals surface area contributed by atoms with Crippen LogP contribution in [0.25, 0.3) is 0 Å². The molecule has 6 heteroatoms. The van der Waals surface area contributed by atoms with Crippen molar-refractivity contribution in [2.24, 2.45) is 11.8 Å². The molecule has 2 heterocycles. The molecule has 0 bridgehead atoms. The Bertz CT molecular complexity index is 889. The van der Waals surface area contributed by atoms with Crippen LogP contribution in [0, 0.1) is 17.7 Å². The predicted octanol–water partition coefficient (Wildman–Crippen LogP) is 3.23. The average Bonchev–Trinajstić information content (AvgIpc) is 3.27. The first-order valence-corrected chi connectivity index (χ1v) is 10.1. The maximum Gasteiger partial charge on any atom is 0.317 e. The minimum atomic E-state index is -0.303. The molecule has 2 saturated heterocycles. The highest BCUT2D eigenvalue weighted by Crippen LogP contribution is 2.45. The van der Waals surface area contributed by atoms with E-state index in [1.165, 1.54) is 17.7 Å². The highest BCUT2D eigenvalue weighted by Gasteiger charge is 2.49. The van der Waals surface area contributed by atoms with Crippen LogP contribution in [0.3, 0.4) is 0 Å². The number of fused-ring (bicyclic) bond motifs is 1. The number of rotatable bonds is 4. The first kappa shape index (κ1) is 19.4. The summed E-state index contributed by atoms with van der Waals surface area (Å²) in [6, 6.07) is 16.3. The van der Waals surface area contributed by atoms with Gasteiger partial charge in [-0.05, 0) is 29.7 Å².